The zero-order valence-electron chi connectivity index (χ0n) is 7.65. The summed E-state index contributed by atoms with van der Waals surface area (Å²) in [6, 6.07) is 0. The molecule has 0 heterocycles. The fourth-order valence-electron chi connectivity index (χ4n) is 0.655. The molecule has 0 nitrogen and oxygen atoms in total. The highest BCUT2D eigenvalue weighted by Crippen LogP contribution is 1.98. The van der Waals surface area contributed by atoms with Crippen molar-refractivity contribution in [2.45, 2.75) is 33.6 Å². The third-order valence-electron chi connectivity index (χ3n) is 1.30. The fraction of sp³-hybridized carbons (Fsp3) is 0.455. The van der Waals surface area contributed by atoms with Gasteiger partial charge in [0.05, 0.1) is 0 Å². The Morgan fingerprint density at radius 2 is 2.18 bits per heavy atom. The van der Waals surface area contributed by atoms with Crippen LogP contribution in [0.2, 0.25) is 0 Å². The van der Waals surface area contributed by atoms with Gasteiger partial charge in [-0.05, 0) is 20.3 Å². The lowest BCUT2D eigenvalue weighted by molar-refractivity contribution is 1.21. The quantitative estimate of drug-likeness (QED) is 0.425. The molecule has 0 N–H and O–H groups in total. The molecule has 0 spiro atoms. The smallest absolute Gasteiger partial charge is 0.0299 e. The van der Waals surface area contributed by atoms with E-state index in [1.807, 2.05) is 6.92 Å². The van der Waals surface area contributed by atoms with Gasteiger partial charge in [-0.15, -0.1) is 5.92 Å². The highest BCUT2D eigenvalue weighted by atomic mass is 13.9. The summed E-state index contributed by atoms with van der Waals surface area (Å²) in [5.41, 5.74) is 1.32. The Kier molecular flexibility index (Phi) is 6.53. The Bertz CT molecular complexity index is 196. The first-order valence-corrected chi connectivity index (χ1v) is 4.03. The molecule has 0 heteroatoms. The SMILES string of the molecule is CC#CC/C(C)=C\C=C/CC. The van der Waals surface area contributed by atoms with Crippen LogP contribution in [0.1, 0.15) is 33.6 Å². The van der Waals surface area contributed by atoms with Crippen LogP contribution >= 0.6 is 0 Å². The first kappa shape index (κ1) is 10.0. The molecule has 0 unspecified atom stereocenters. The Morgan fingerprint density at radius 3 is 2.73 bits per heavy atom. The van der Waals surface area contributed by atoms with E-state index in [1.54, 1.807) is 0 Å². The van der Waals surface area contributed by atoms with Crippen LogP contribution in [-0.2, 0) is 0 Å². The topological polar surface area (TPSA) is 0 Å². The van der Waals surface area contributed by atoms with Crippen LogP contribution in [0.15, 0.2) is 23.8 Å². The molecule has 0 saturated carbocycles. The van der Waals surface area contributed by atoms with E-state index in [0.29, 0.717) is 0 Å². The Labute approximate surface area is 70.0 Å². The predicted molar refractivity (Wildman–Crippen MR) is 51.3 cm³/mol. The Balaban J connectivity index is 3.77. The van der Waals surface area contributed by atoms with E-state index in [2.05, 4.69) is 43.9 Å². The van der Waals surface area contributed by atoms with Crippen LogP contribution in [0.25, 0.3) is 0 Å². The molecule has 0 saturated heterocycles. The second-order valence-electron chi connectivity index (χ2n) is 2.45. The molecule has 0 atom stereocenters. The third kappa shape index (κ3) is 6.93. The summed E-state index contributed by atoms with van der Waals surface area (Å²) >= 11 is 0. The van der Waals surface area contributed by atoms with Crippen molar-refractivity contribution >= 4 is 0 Å². The van der Waals surface area contributed by atoms with Crippen LogP contribution < -0.4 is 0 Å². The molecule has 0 amide bonds. The van der Waals surface area contributed by atoms with Gasteiger partial charge in [0.25, 0.3) is 0 Å². The van der Waals surface area contributed by atoms with Gasteiger partial charge in [0, 0.05) is 6.42 Å². The fourth-order valence-corrected chi connectivity index (χ4v) is 0.655. The molecular formula is C11H16. The van der Waals surface area contributed by atoms with E-state index in [1.165, 1.54) is 5.57 Å². The second-order valence-corrected chi connectivity index (χ2v) is 2.45. The van der Waals surface area contributed by atoms with Gasteiger partial charge >= 0.3 is 0 Å². The van der Waals surface area contributed by atoms with Gasteiger partial charge in [-0.1, -0.05) is 36.6 Å². The zero-order chi connectivity index (χ0) is 8.53. The van der Waals surface area contributed by atoms with Crippen molar-refractivity contribution in [2.75, 3.05) is 0 Å². The first-order valence-electron chi connectivity index (χ1n) is 4.03. The minimum absolute atomic E-state index is 0.893. The molecule has 0 aliphatic rings. The lowest BCUT2D eigenvalue weighted by atomic mass is 10.2. The lowest BCUT2D eigenvalue weighted by Gasteiger charge is -1.88. The standard InChI is InChI=1S/C11H16/c1-4-6-8-10-11(3)9-7-5-2/h6,8,10H,4,9H2,1-3H3/b8-6-,11-10-. The normalized spacial score (nSPS) is 11.4. The maximum Gasteiger partial charge on any atom is 0.0299 e. The van der Waals surface area contributed by atoms with Crippen LogP contribution in [0.3, 0.4) is 0 Å². The summed E-state index contributed by atoms with van der Waals surface area (Å²) < 4.78 is 0. The summed E-state index contributed by atoms with van der Waals surface area (Å²) in [5.74, 6) is 5.90. The molecule has 0 aliphatic carbocycles. The van der Waals surface area contributed by atoms with E-state index in [0.717, 1.165) is 12.8 Å². The minimum Gasteiger partial charge on any atom is -0.106 e. The zero-order valence-corrected chi connectivity index (χ0v) is 7.65. The summed E-state index contributed by atoms with van der Waals surface area (Å²) in [6.45, 7) is 6.10. The molecule has 0 bridgehead atoms. The van der Waals surface area contributed by atoms with Gasteiger partial charge in [0.2, 0.25) is 0 Å². The van der Waals surface area contributed by atoms with Gasteiger partial charge < -0.3 is 0 Å². The molecule has 0 aromatic rings. The highest BCUT2D eigenvalue weighted by Gasteiger charge is 1.80. The molecule has 0 fully saturated rings. The van der Waals surface area contributed by atoms with Crippen molar-refractivity contribution in [2.24, 2.45) is 0 Å². The van der Waals surface area contributed by atoms with Gasteiger partial charge in [-0.2, -0.15) is 0 Å². The van der Waals surface area contributed by atoms with Gasteiger partial charge in [0.15, 0.2) is 0 Å². The van der Waals surface area contributed by atoms with Crippen molar-refractivity contribution in [1.82, 2.24) is 0 Å². The monoisotopic (exact) mass is 148 g/mol. The molecule has 0 radical (unpaired) electrons. The number of allylic oxidation sites excluding steroid dienone is 4. The predicted octanol–water partition coefficient (Wildman–Crippen LogP) is 3.31. The van der Waals surface area contributed by atoms with E-state index >= 15 is 0 Å². The molecule has 0 aliphatic heterocycles. The van der Waals surface area contributed by atoms with E-state index in [-0.39, 0.29) is 0 Å². The number of hydrogen-bond acceptors (Lipinski definition) is 0. The maximum absolute atomic E-state index is 3.02. The lowest BCUT2D eigenvalue weighted by Crippen LogP contribution is -1.70. The van der Waals surface area contributed by atoms with E-state index in [4.69, 9.17) is 0 Å². The molecular weight excluding hydrogens is 132 g/mol. The van der Waals surface area contributed by atoms with Crippen LogP contribution in [-0.4, -0.2) is 0 Å². The van der Waals surface area contributed by atoms with Crippen LogP contribution in [0, 0.1) is 11.8 Å². The van der Waals surface area contributed by atoms with E-state index in [9.17, 15) is 0 Å². The van der Waals surface area contributed by atoms with Crippen LogP contribution in [0.5, 0.6) is 0 Å². The maximum atomic E-state index is 3.02. The van der Waals surface area contributed by atoms with Crippen molar-refractivity contribution in [3.05, 3.63) is 23.8 Å². The van der Waals surface area contributed by atoms with Crippen molar-refractivity contribution in [3.63, 3.8) is 0 Å². The average molecular weight is 148 g/mol. The van der Waals surface area contributed by atoms with E-state index < -0.39 is 0 Å². The summed E-state index contributed by atoms with van der Waals surface area (Å²) in [4.78, 5) is 0. The Hall–Kier alpha value is -0.960. The van der Waals surface area contributed by atoms with Gasteiger partial charge in [-0.25, -0.2) is 0 Å². The molecule has 0 aromatic heterocycles. The Morgan fingerprint density at radius 1 is 1.45 bits per heavy atom. The molecule has 0 rings (SSSR count). The summed E-state index contributed by atoms with van der Waals surface area (Å²) in [6.07, 6.45) is 8.34. The van der Waals surface area contributed by atoms with Crippen molar-refractivity contribution in [3.8, 4) is 11.8 Å². The molecule has 11 heavy (non-hydrogen) atoms. The molecule has 60 valence electrons. The largest absolute Gasteiger partial charge is 0.106 e. The third-order valence-corrected chi connectivity index (χ3v) is 1.30. The van der Waals surface area contributed by atoms with Crippen molar-refractivity contribution < 1.29 is 0 Å². The minimum atomic E-state index is 0.893. The highest BCUT2D eigenvalue weighted by molar-refractivity contribution is 5.16. The number of rotatable bonds is 3. The number of hydrogen-bond donors (Lipinski definition) is 0. The first-order chi connectivity index (χ1) is 5.31. The molecule has 0 aromatic carbocycles. The van der Waals surface area contributed by atoms with Crippen molar-refractivity contribution in [1.29, 1.82) is 0 Å². The van der Waals surface area contributed by atoms with Gasteiger partial charge in [-0.3, -0.25) is 0 Å². The summed E-state index contributed by atoms with van der Waals surface area (Å²) in [7, 11) is 0. The second kappa shape index (κ2) is 7.15. The van der Waals surface area contributed by atoms with Gasteiger partial charge in [0.1, 0.15) is 0 Å². The summed E-state index contributed by atoms with van der Waals surface area (Å²) in [5, 5.41) is 0. The van der Waals surface area contributed by atoms with Crippen LogP contribution in [0.4, 0.5) is 0 Å². The average Bonchev–Trinajstić information content (AvgIpc) is 2.01.